The molecule has 3 rings (SSSR count). The van der Waals surface area contributed by atoms with E-state index in [0.29, 0.717) is 23.6 Å². The van der Waals surface area contributed by atoms with Gasteiger partial charge in [-0.05, 0) is 23.8 Å². The van der Waals surface area contributed by atoms with E-state index in [1.165, 1.54) is 0 Å². The summed E-state index contributed by atoms with van der Waals surface area (Å²) in [6, 6.07) is 23.4. The quantitative estimate of drug-likeness (QED) is 0.425. The lowest BCUT2D eigenvalue weighted by atomic mass is 9.91. The van der Waals surface area contributed by atoms with E-state index in [4.69, 9.17) is 4.74 Å². The zero-order chi connectivity index (χ0) is 19.1. The normalized spacial score (nSPS) is 12.0. The molecule has 0 saturated heterocycles. The van der Waals surface area contributed by atoms with Crippen LogP contribution in [0.1, 0.15) is 29.5 Å². The van der Waals surface area contributed by atoms with Crippen molar-refractivity contribution in [3.8, 4) is 11.5 Å². The van der Waals surface area contributed by atoms with E-state index >= 15 is 0 Å². The molecule has 3 aromatic rings. The minimum absolute atomic E-state index is 0.0859. The average Bonchev–Trinajstić information content (AvgIpc) is 2.72. The number of aromatic hydroxyl groups is 1. The molecule has 0 amide bonds. The number of ether oxygens (including phenoxy) is 1. The largest absolute Gasteiger partial charge is 0.507 e. The van der Waals surface area contributed by atoms with Crippen LogP contribution in [-0.4, -0.2) is 17.9 Å². The van der Waals surface area contributed by atoms with Crippen LogP contribution in [0.2, 0.25) is 0 Å². The van der Waals surface area contributed by atoms with Crippen molar-refractivity contribution in [1.29, 1.82) is 0 Å². The van der Waals surface area contributed by atoms with E-state index in [0.717, 1.165) is 11.1 Å². The molecule has 1 atom stereocenters. The lowest BCUT2D eigenvalue weighted by Crippen LogP contribution is -1.98. The van der Waals surface area contributed by atoms with Gasteiger partial charge in [0.1, 0.15) is 23.8 Å². The Balaban J connectivity index is 1.89. The lowest BCUT2D eigenvalue weighted by Gasteiger charge is -2.15. The maximum Gasteiger partial charge on any atom is 0.145 e. The first kappa shape index (κ1) is 18.5. The molecule has 0 aliphatic carbocycles. The number of rotatable bonds is 7. The van der Waals surface area contributed by atoms with E-state index in [1.807, 2.05) is 60.7 Å². The van der Waals surface area contributed by atoms with Gasteiger partial charge in [0.05, 0.1) is 0 Å². The molecule has 0 saturated carbocycles. The topological polar surface area (TPSA) is 41.8 Å². The molecule has 136 valence electrons. The van der Waals surface area contributed by atoms with Crippen molar-refractivity contribution in [2.75, 3.05) is 6.61 Å². The summed E-state index contributed by atoms with van der Waals surface area (Å²) in [5.74, 6) is 1.02. The Hall–Kier alpha value is -3.33. The Labute approximate surface area is 160 Å². The van der Waals surface area contributed by atoms with Gasteiger partial charge in [0.25, 0.3) is 0 Å². The number of benzene rings is 3. The van der Waals surface area contributed by atoms with Gasteiger partial charge in [-0.1, -0.05) is 74.2 Å². The van der Waals surface area contributed by atoms with Crippen molar-refractivity contribution >= 4 is 11.9 Å². The second kappa shape index (κ2) is 8.86. The smallest absolute Gasteiger partial charge is 0.145 e. The van der Waals surface area contributed by atoms with Gasteiger partial charge in [-0.25, -0.2) is 0 Å². The Morgan fingerprint density at radius 3 is 2.52 bits per heavy atom. The van der Waals surface area contributed by atoms with Crippen molar-refractivity contribution in [3.05, 3.63) is 102 Å². The second-order valence-corrected chi connectivity index (χ2v) is 6.24. The van der Waals surface area contributed by atoms with E-state index in [-0.39, 0.29) is 11.7 Å². The third-order valence-electron chi connectivity index (χ3n) is 4.43. The molecule has 3 aromatic carbocycles. The molecular weight excluding hydrogens is 334 g/mol. The highest BCUT2D eigenvalue weighted by atomic mass is 16.5. The lowest BCUT2D eigenvalue weighted by molar-refractivity contribution is 0.364. The van der Waals surface area contributed by atoms with Crippen LogP contribution in [0.5, 0.6) is 11.5 Å². The van der Waals surface area contributed by atoms with Crippen LogP contribution in [0, 0.1) is 0 Å². The Morgan fingerprint density at radius 1 is 1.00 bits per heavy atom. The maximum absolute atomic E-state index is 10.8. The number of aliphatic imine (C=N–C) groups is 1. The van der Waals surface area contributed by atoms with Crippen molar-refractivity contribution in [2.24, 2.45) is 4.99 Å². The number of phenolic OH excluding ortho intramolecular Hbond substituents is 1. The molecule has 3 nitrogen and oxygen atoms in total. The van der Waals surface area contributed by atoms with Crippen LogP contribution in [0.4, 0.5) is 5.69 Å². The molecule has 1 N–H and O–H groups in total. The molecule has 27 heavy (non-hydrogen) atoms. The van der Waals surface area contributed by atoms with Crippen molar-refractivity contribution in [2.45, 2.75) is 12.8 Å². The summed E-state index contributed by atoms with van der Waals surface area (Å²) in [6.07, 6.45) is 3.37. The van der Waals surface area contributed by atoms with Crippen molar-refractivity contribution < 1.29 is 9.84 Å². The third-order valence-corrected chi connectivity index (χ3v) is 4.43. The van der Waals surface area contributed by atoms with Gasteiger partial charge >= 0.3 is 0 Å². The summed E-state index contributed by atoms with van der Waals surface area (Å²) >= 11 is 0. The van der Waals surface area contributed by atoms with Crippen LogP contribution >= 0.6 is 0 Å². The highest BCUT2D eigenvalue weighted by Crippen LogP contribution is 2.33. The minimum atomic E-state index is 0.0859. The van der Waals surface area contributed by atoms with Gasteiger partial charge in [0.15, 0.2) is 0 Å². The summed E-state index contributed by atoms with van der Waals surface area (Å²) < 4.78 is 5.63. The maximum atomic E-state index is 10.8. The molecule has 0 fully saturated rings. The molecule has 0 aliphatic rings. The summed E-state index contributed by atoms with van der Waals surface area (Å²) in [5, 5.41) is 10.8. The van der Waals surface area contributed by atoms with E-state index in [1.54, 1.807) is 12.3 Å². The summed E-state index contributed by atoms with van der Waals surface area (Å²) in [5.41, 5.74) is 3.42. The predicted octanol–water partition coefficient (Wildman–Crippen LogP) is 5.86. The third kappa shape index (κ3) is 4.45. The molecule has 3 heteroatoms. The zero-order valence-corrected chi connectivity index (χ0v) is 15.4. The molecule has 0 bridgehead atoms. The number of hydrogen-bond acceptors (Lipinski definition) is 3. The highest BCUT2D eigenvalue weighted by Gasteiger charge is 2.14. The summed E-state index contributed by atoms with van der Waals surface area (Å²) in [6.45, 7) is 6.17. The minimum Gasteiger partial charge on any atom is -0.507 e. The Kier molecular flexibility index (Phi) is 6.06. The Morgan fingerprint density at radius 2 is 1.74 bits per heavy atom. The fourth-order valence-corrected chi connectivity index (χ4v) is 2.93. The average molecular weight is 357 g/mol. The summed E-state index contributed by atoms with van der Waals surface area (Å²) in [4.78, 5) is 4.52. The van der Waals surface area contributed by atoms with Crippen LogP contribution in [0.3, 0.4) is 0 Å². The molecular formula is C24H23NO2. The molecule has 0 aliphatic heterocycles. The molecule has 1 unspecified atom stereocenters. The first-order valence-corrected chi connectivity index (χ1v) is 8.94. The molecule has 0 heterocycles. The zero-order valence-electron chi connectivity index (χ0n) is 15.4. The fourth-order valence-electron chi connectivity index (χ4n) is 2.93. The Bertz CT molecular complexity index is 932. The number of phenols is 1. The number of nitrogens with zero attached hydrogens (tertiary/aromatic N) is 1. The molecule has 0 aromatic heterocycles. The van der Waals surface area contributed by atoms with Crippen molar-refractivity contribution in [1.82, 2.24) is 0 Å². The van der Waals surface area contributed by atoms with Crippen LogP contribution in [0.25, 0.3) is 0 Å². The van der Waals surface area contributed by atoms with Gasteiger partial charge in [0, 0.05) is 23.3 Å². The number of para-hydroxylation sites is 3. The van der Waals surface area contributed by atoms with Gasteiger partial charge in [0.2, 0.25) is 0 Å². The number of hydrogen-bond donors (Lipinski definition) is 1. The standard InChI is InChI=1S/C24H23NO2/c1-3-16-27-23-15-8-7-14-22(23)25-17-20-12-9-13-21(24(20)26)18(2)19-10-5-4-6-11-19/h3-15,17-18,26H,1,16H2,2H3. The van der Waals surface area contributed by atoms with Crippen LogP contribution in [0.15, 0.2) is 90.4 Å². The van der Waals surface area contributed by atoms with E-state index in [2.05, 4.69) is 30.6 Å². The van der Waals surface area contributed by atoms with Gasteiger partial charge in [-0.3, -0.25) is 4.99 Å². The van der Waals surface area contributed by atoms with Gasteiger partial charge in [-0.15, -0.1) is 0 Å². The first-order valence-electron chi connectivity index (χ1n) is 8.94. The SMILES string of the molecule is C=CCOc1ccccc1N=Cc1cccc(C(C)c2ccccc2)c1O. The second-order valence-electron chi connectivity index (χ2n) is 6.24. The fraction of sp³-hybridized carbons (Fsp3) is 0.125. The van der Waals surface area contributed by atoms with Crippen LogP contribution in [-0.2, 0) is 0 Å². The summed E-state index contributed by atoms with van der Waals surface area (Å²) in [7, 11) is 0. The van der Waals surface area contributed by atoms with Gasteiger partial charge < -0.3 is 9.84 Å². The van der Waals surface area contributed by atoms with Crippen molar-refractivity contribution in [3.63, 3.8) is 0 Å². The molecule has 0 radical (unpaired) electrons. The van der Waals surface area contributed by atoms with E-state index in [9.17, 15) is 5.11 Å². The van der Waals surface area contributed by atoms with Crippen LogP contribution < -0.4 is 4.74 Å². The monoisotopic (exact) mass is 357 g/mol. The highest BCUT2D eigenvalue weighted by molar-refractivity contribution is 5.86. The van der Waals surface area contributed by atoms with E-state index < -0.39 is 0 Å². The van der Waals surface area contributed by atoms with Gasteiger partial charge in [-0.2, -0.15) is 0 Å². The molecule has 0 spiro atoms. The first-order chi connectivity index (χ1) is 13.2. The predicted molar refractivity (Wildman–Crippen MR) is 111 cm³/mol.